The van der Waals surface area contributed by atoms with E-state index in [2.05, 4.69) is 12.2 Å². The van der Waals surface area contributed by atoms with Crippen LogP contribution in [0.2, 0.25) is 0 Å². The quantitative estimate of drug-likeness (QED) is 0.562. The van der Waals surface area contributed by atoms with Gasteiger partial charge in [0.15, 0.2) is 0 Å². The lowest BCUT2D eigenvalue weighted by atomic mass is 10.2. The van der Waals surface area contributed by atoms with Gasteiger partial charge in [-0.1, -0.05) is 19.8 Å². The van der Waals surface area contributed by atoms with Gasteiger partial charge in [-0.2, -0.15) is 0 Å². The maximum Gasteiger partial charge on any atom is 0.139 e. The van der Waals surface area contributed by atoms with Gasteiger partial charge in [0.05, 0.1) is 0 Å². The Labute approximate surface area is 106 Å². The zero-order valence-electron chi connectivity index (χ0n) is 10.1. The summed E-state index contributed by atoms with van der Waals surface area (Å²) in [4.78, 5) is 0.516. The van der Waals surface area contributed by atoms with Crippen molar-refractivity contribution in [2.45, 2.75) is 31.1 Å². The molecule has 0 saturated heterocycles. The van der Waals surface area contributed by atoms with Crippen LogP contribution in [0.1, 0.15) is 26.2 Å². The van der Waals surface area contributed by atoms with E-state index in [4.69, 9.17) is 0 Å². The summed E-state index contributed by atoms with van der Waals surface area (Å²) in [5, 5.41) is 3.30. The van der Waals surface area contributed by atoms with Crippen molar-refractivity contribution in [2.75, 3.05) is 18.8 Å². The Morgan fingerprint density at radius 2 is 2.00 bits per heavy atom. The van der Waals surface area contributed by atoms with E-state index in [-0.39, 0.29) is 0 Å². The second-order valence-electron chi connectivity index (χ2n) is 3.88. The van der Waals surface area contributed by atoms with Crippen LogP contribution in [0, 0.1) is 11.6 Å². The third-order valence-electron chi connectivity index (χ3n) is 2.39. The van der Waals surface area contributed by atoms with Gasteiger partial charge < -0.3 is 5.32 Å². The Balaban J connectivity index is 2.14. The Bertz CT molecular complexity index is 331. The van der Waals surface area contributed by atoms with Crippen molar-refractivity contribution < 1.29 is 8.78 Å². The van der Waals surface area contributed by atoms with Gasteiger partial charge >= 0.3 is 0 Å². The zero-order valence-corrected chi connectivity index (χ0v) is 11.0. The number of rotatable bonds is 8. The second kappa shape index (κ2) is 8.48. The smallest absolute Gasteiger partial charge is 0.139 e. The third kappa shape index (κ3) is 6.03. The molecule has 1 aromatic rings. The summed E-state index contributed by atoms with van der Waals surface area (Å²) in [5.74, 6) is -0.195. The highest BCUT2D eigenvalue weighted by Gasteiger charge is 2.03. The molecule has 1 rings (SSSR count). The van der Waals surface area contributed by atoms with Gasteiger partial charge in [0, 0.05) is 23.3 Å². The predicted octanol–water partition coefficient (Wildman–Crippen LogP) is 3.84. The zero-order chi connectivity index (χ0) is 12.5. The summed E-state index contributed by atoms with van der Waals surface area (Å²) in [5.41, 5.74) is 0. The molecule has 0 aliphatic carbocycles. The number of nitrogens with one attached hydrogen (secondary N) is 1. The minimum Gasteiger partial charge on any atom is -0.316 e. The van der Waals surface area contributed by atoms with E-state index in [0.717, 1.165) is 24.9 Å². The molecule has 0 radical (unpaired) electrons. The number of benzene rings is 1. The maximum atomic E-state index is 13.2. The van der Waals surface area contributed by atoms with Crippen LogP contribution in [0.3, 0.4) is 0 Å². The first-order valence-corrected chi connectivity index (χ1v) is 7.01. The molecule has 1 aromatic carbocycles. The normalized spacial score (nSPS) is 10.8. The highest BCUT2D eigenvalue weighted by atomic mass is 32.2. The molecule has 0 amide bonds. The summed E-state index contributed by atoms with van der Waals surface area (Å²) < 4.78 is 25.9. The fourth-order valence-corrected chi connectivity index (χ4v) is 2.28. The minimum atomic E-state index is -0.524. The van der Waals surface area contributed by atoms with E-state index in [1.165, 1.54) is 43.2 Å². The van der Waals surface area contributed by atoms with Gasteiger partial charge in [0.2, 0.25) is 0 Å². The molecule has 4 heteroatoms. The van der Waals surface area contributed by atoms with Crippen molar-refractivity contribution >= 4 is 11.8 Å². The lowest BCUT2D eigenvalue weighted by Gasteiger charge is -2.05. The predicted molar refractivity (Wildman–Crippen MR) is 69.5 cm³/mol. The molecule has 0 heterocycles. The SMILES string of the molecule is CCCCCNCCSc1ccc(F)cc1F. The molecule has 96 valence electrons. The van der Waals surface area contributed by atoms with Crippen LogP contribution in [-0.4, -0.2) is 18.8 Å². The van der Waals surface area contributed by atoms with Gasteiger partial charge in [-0.25, -0.2) is 8.78 Å². The molecule has 1 nitrogen and oxygen atoms in total. The molecule has 0 unspecified atom stereocenters. The molecule has 0 aliphatic rings. The molecule has 0 spiro atoms. The van der Waals surface area contributed by atoms with Crippen LogP contribution in [0.15, 0.2) is 23.1 Å². The largest absolute Gasteiger partial charge is 0.316 e. The number of hydrogen-bond acceptors (Lipinski definition) is 2. The first-order valence-electron chi connectivity index (χ1n) is 6.02. The summed E-state index contributed by atoms with van der Waals surface area (Å²) in [6, 6.07) is 3.71. The van der Waals surface area contributed by atoms with E-state index < -0.39 is 11.6 Å². The average molecular weight is 259 g/mol. The molecule has 0 fully saturated rings. The monoisotopic (exact) mass is 259 g/mol. The molecule has 0 bridgehead atoms. The standard InChI is InChI=1S/C13H19F2NS/c1-2-3-4-7-16-8-9-17-13-6-5-11(14)10-12(13)15/h5-6,10,16H,2-4,7-9H2,1H3. The first-order chi connectivity index (χ1) is 8.24. The van der Waals surface area contributed by atoms with Gasteiger partial charge in [-0.15, -0.1) is 11.8 Å². The molecular weight excluding hydrogens is 240 g/mol. The molecule has 0 aromatic heterocycles. The fourth-order valence-electron chi connectivity index (χ4n) is 1.45. The number of hydrogen-bond donors (Lipinski definition) is 1. The van der Waals surface area contributed by atoms with Gasteiger partial charge in [-0.3, -0.25) is 0 Å². The van der Waals surface area contributed by atoms with Gasteiger partial charge in [0.1, 0.15) is 11.6 Å². The molecule has 17 heavy (non-hydrogen) atoms. The van der Waals surface area contributed by atoms with Crippen LogP contribution in [0.25, 0.3) is 0 Å². The van der Waals surface area contributed by atoms with Crippen LogP contribution < -0.4 is 5.32 Å². The van der Waals surface area contributed by atoms with E-state index in [0.29, 0.717) is 4.90 Å². The lowest BCUT2D eigenvalue weighted by molar-refractivity contribution is 0.565. The summed E-state index contributed by atoms with van der Waals surface area (Å²) in [6.07, 6.45) is 3.65. The Morgan fingerprint density at radius 3 is 2.71 bits per heavy atom. The van der Waals surface area contributed by atoms with Crippen molar-refractivity contribution in [3.63, 3.8) is 0 Å². The Kier molecular flexibility index (Phi) is 7.21. The average Bonchev–Trinajstić information content (AvgIpc) is 2.30. The van der Waals surface area contributed by atoms with E-state index in [1.807, 2.05) is 0 Å². The molecular formula is C13H19F2NS. The minimum absolute atomic E-state index is 0.471. The topological polar surface area (TPSA) is 12.0 Å². The van der Waals surface area contributed by atoms with Crippen molar-refractivity contribution in [3.8, 4) is 0 Å². The first kappa shape index (κ1) is 14.5. The van der Waals surface area contributed by atoms with E-state index in [1.54, 1.807) is 0 Å². The van der Waals surface area contributed by atoms with Crippen molar-refractivity contribution in [2.24, 2.45) is 0 Å². The van der Waals surface area contributed by atoms with Crippen LogP contribution >= 0.6 is 11.8 Å². The summed E-state index contributed by atoms with van der Waals surface area (Å²) >= 11 is 1.42. The molecule has 0 aliphatic heterocycles. The van der Waals surface area contributed by atoms with Crippen LogP contribution in [-0.2, 0) is 0 Å². The van der Waals surface area contributed by atoms with Crippen molar-refractivity contribution in [3.05, 3.63) is 29.8 Å². The van der Waals surface area contributed by atoms with Crippen LogP contribution in [0.4, 0.5) is 8.78 Å². The molecule has 0 atom stereocenters. The van der Waals surface area contributed by atoms with Crippen molar-refractivity contribution in [1.82, 2.24) is 5.32 Å². The molecule has 1 N–H and O–H groups in total. The highest BCUT2D eigenvalue weighted by Crippen LogP contribution is 2.21. The lowest BCUT2D eigenvalue weighted by Crippen LogP contribution is -2.18. The third-order valence-corrected chi connectivity index (χ3v) is 3.44. The molecule has 0 saturated carbocycles. The van der Waals surface area contributed by atoms with Crippen molar-refractivity contribution in [1.29, 1.82) is 0 Å². The second-order valence-corrected chi connectivity index (χ2v) is 5.02. The Hall–Kier alpha value is -0.610. The maximum absolute atomic E-state index is 13.2. The van der Waals surface area contributed by atoms with E-state index in [9.17, 15) is 8.78 Å². The number of halogens is 2. The number of unbranched alkanes of at least 4 members (excludes halogenated alkanes) is 2. The highest BCUT2D eigenvalue weighted by molar-refractivity contribution is 7.99. The van der Waals surface area contributed by atoms with Gasteiger partial charge in [0.25, 0.3) is 0 Å². The summed E-state index contributed by atoms with van der Waals surface area (Å²) in [6.45, 7) is 4.04. The van der Waals surface area contributed by atoms with Gasteiger partial charge in [-0.05, 0) is 25.1 Å². The Morgan fingerprint density at radius 1 is 1.18 bits per heavy atom. The fraction of sp³-hybridized carbons (Fsp3) is 0.538. The van der Waals surface area contributed by atoms with E-state index >= 15 is 0 Å². The summed E-state index contributed by atoms with van der Waals surface area (Å²) in [7, 11) is 0. The van der Waals surface area contributed by atoms with Crippen LogP contribution in [0.5, 0.6) is 0 Å². The number of thioether (sulfide) groups is 1.